The summed E-state index contributed by atoms with van der Waals surface area (Å²) in [5, 5.41) is 0.589. The Morgan fingerprint density at radius 1 is 0.923 bits per heavy atom. The average molecular weight is 355 g/mol. The number of hydrogen-bond acceptors (Lipinski definition) is 4. The second-order valence-corrected chi connectivity index (χ2v) is 6.91. The van der Waals surface area contributed by atoms with Gasteiger partial charge >= 0.3 is 0 Å². The van der Waals surface area contributed by atoms with E-state index in [4.69, 9.17) is 4.98 Å². The number of benzene rings is 2. The molecule has 0 bridgehead atoms. The Morgan fingerprint density at radius 2 is 1.81 bits per heavy atom. The van der Waals surface area contributed by atoms with Crippen LogP contribution in [0, 0.1) is 0 Å². The number of nitrogens with one attached hydrogen (secondary N) is 1. The minimum atomic E-state index is -0.0361. The Hall–Kier alpha value is -3.31. The molecule has 5 aromatic rings. The van der Waals surface area contributed by atoms with E-state index in [1.807, 2.05) is 54.0 Å². The molecule has 0 saturated heterocycles. The summed E-state index contributed by atoms with van der Waals surface area (Å²) in [6, 6.07) is 19.6. The third-order valence-electron chi connectivity index (χ3n) is 4.43. The van der Waals surface area contributed by atoms with Crippen LogP contribution in [0.5, 0.6) is 0 Å². The molecule has 2 aromatic carbocycles. The highest BCUT2D eigenvalue weighted by Gasteiger charge is 2.13. The van der Waals surface area contributed by atoms with Gasteiger partial charge in [-0.15, -0.1) is 11.3 Å². The summed E-state index contributed by atoms with van der Waals surface area (Å²) in [6.07, 6.45) is 1.63. The second-order valence-electron chi connectivity index (χ2n) is 6.02. The third kappa shape index (κ3) is 2.41. The normalized spacial score (nSPS) is 11.2. The molecular weight excluding hydrogens is 342 g/mol. The number of fused-ring (bicyclic) bond motifs is 2. The van der Waals surface area contributed by atoms with E-state index < -0.39 is 0 Å². The third-order valence-corrected chi connectivity index (χ3v) is 5.22. The first-order valence-electron chi connectivity index (χ1n) is 8.21. The second kappa shape index (κ2) is 5.89. The zero-order chi connectivity index (χ0) is 17.5. The van der Waals surface area contributed by atoms with Gasteiger partial charge in [0.05, 0.1) is 26.8 Å². The topological polar surface area (TPSA) is 58.6 Å². The minimum Gasteiger partial charge on any atom is -0.346 e. The van der Waals surface area contributed by atoms with E-state index >= 15 is 0 Å². The Kier molecular flexibility index (Phi) is 3.40. The summed E-state index contributed by atoms with van der Waals surface area (Å²) in [7, 11) is 0. The van der Waals surface area contributed by atoms with Crippen LogP contribution < -0.4 is 5.43 Å². The Bertz CT molecular complexity index is 1310. The van der Waals surface area contributed by atoms with Gasteiger partial charge in [-0.05, 0) is 23.8 Å². The maximum Gasteiger partial charge on any atom is 0.191 e. The molecule has 0 aliphatic heterocycles. The fourth-order valence-electron chi connectivity index (χ4n) is 3.16. The highest BCUT2D eigenvalue weighted by atomic mass is 32.1. The van der Waals surface area contributed by atoms with Crippen LogP contribution in [0.3, 0.4) is 0 Å². The number of H-pyrrole nitrogens is 1. The molecule has 0 aliphatic carbocycles. The SMILES string of the molecule is O=c1cc[nH]c2nc(-c3ccccc3)c(-c3ccc4ncsc4c3)cc12. The van der Waals surface area contributed by atoms with Crippen molar-refractivity contribution in [1.29, 1.82) is 0 Å². The zero-order valence-corrected chi connectivity index (χ0v) is 14.5. The molecule has 3 aromatic heterocycles. The molecule has 0 spiro atoms. The fraction of sp³-hybridized carbons (Fsp3) is 0. The number of hydrogen-bond donors (Lipinski definition) is 1. The van der Waals surface area contributed by atoms with Crippen LogP contribution >= 0.6 is 11.3 Å². The van der Waals surface area contributed by atoms with E-state index in [1.54, 1.807) is 17.5 Å². The van der Waals surface area contributed by atoms with Crippen molar-refractivity contribution in [2.24, 2.45) is 0 Å². The van der Waals surface area contributed by atoms with Crippen molar-refractivity contribution < 1.29 is 0 Å². The number of aromatic amines is 1. The molecule has 3 heterocycles. The molecule has 0 atom stereocenters. The van der Waals surface area contributed by atoms with Gasteiger partial charge in [0.1, 0.15) is 5.65 Å². The Balaban J connectivity index is 1.86. The summed E-state index contributed by atoms with van der Waals surface area (Å²) in [6.45, 7) is 0. The average Bonchev–Trinajstić information content (AvgIpc) is 3.16. The predicted molar refractivity (Wildman–Crippen MR) is 106 cm³/mol. The molecule has 0 fully saturated rings. The molecule has 4 nitrogen and oxygen atoms in total. The first-order chi connectivity index (χ1) is 12.8. The molecule has 124 valence electrons. The number of rotatable bonds is 2. The van der Waals surface area contributed by atoms with Crippen LogP contribution in [0.25, 0.3) is 43.6 Å². The van der Waals surface area contributed by atoms with Crippen LogP contribution in [0.2, 0.25) is 0 Å². The highest BCUT2D eigenvalue weighted by molar-refractivity contribution is 7.16. The molecule has 1 N–H and O–H groups in total. The van der Waals surface area contributed by atoms with Gasteiger partial charge in [0.15, 0.2) is 5.43 Å². The standard InChI is InChI=1S/C21H13N3OS/c25-18-8-9-22-21-16(18)11-15(20(24-21)13-4-2-1-3-5-13)14-6-7-17-19(10-14)26-12-23-17/h1-12H,(H,22,24,25). The van der Waals surface area contributed by atoms with Crippen molar-refractivity contribution in [2.75, 3.05) is 0 Å². The van der Waals surface area contributed by atoms with Gasteiger partial charge < -0.3 is 4.98 Å². The smallest absolute Gasteiger partial charge is 0.191 e. The van der Waals surface area contributed by atoms with E-state index in [1.165, 1.54) is 6.07 Å². The Morgan fingerprint density at radius 3 is 2.69 bits per heavy atom. The van der Waals surface area contributed by atoms with Gasteiger partial charge in [-0.1, -0.05) is 36.4 Å². The number of pyridine rings is 2. The maximum absolute atomic E-state index is 12.3. The van der Waals surface area contributed by atoms with Gasteiger partial charge in [0.2, 0.25) is 0 Å². The lowest BCUT2D eigenvalue weighted by atomic mass is 9.98. The number of aromatic nitrogens is 3. The van der Waals surface area contributed by atoms with Crippen LogP contribution in [0.4, 0.5) is 0 Å². The van der Waals surface area contributed by atoms with Crippen LogP contribution in [-0.4, -0.2) is 15.0 Å². The summed E-state index contributed by atoms with van der Waals surface area (Å²) in [5.74, 6) is 0. The first kappa shape index (κ1) is 15.0. The van der Waals surface area contributed by atoms with Gasteiger partial charge in [-0.3, -0.25) is 4.79 Å². The Labute approximate surface area is 152 Å². The number of thiazole rings is 1. The summed E-state index contributed by atoms with van der Waals surface area (Å²) in [4.78, 5) is 24.5. The van der Waals surface area contributed by atoms with E-state index in [-0.39, 0.29) is 5.43 Å². The van der Waals surface area contributed by atoms with Gasteiger partial charge in [-0.2, -0.15) is 0 Å². The molecule has 0 amide bonds. The van der Waals surface area contributed by atoms with Crippen molar-refractivity contribution in [3.8, 4) is 22.4 Å². The van der Waals surface area contributed by atoms with Gasteiger partial charge in [0, 0.05) is 23.4 Å². The van der Waals surface area contributed by atoms with E-state index in [0.29, 0.717) is 11.0 Å². The zero-order valence-electron chi connectivity index (χ0n) is 13.6. The maximum atomic E-state index is 12.3. The van der Waals surface area contributed by atoms with Crippen molar-refractivity contribution in [3.63, 3.8) is 0 Å². The van der Waals surface area contributed by atoms with E-state index in [2.05, 4.69) is 16.0 Å². The predicted octanol–water partition coefficient (Wildman–Crippen LogP) is 4.87. The van der Waals surface area contributed by atoms with Gasteiger partial charge in [0.25, 0.3) is 0 Å². The monoisotopic (exact) mass is 355 g/mol. The molecular formula is C21H13N3OS. The largest absolute Gasteiger partial charge is 0.346 e. The minimum absolute atomic E-state index is 0.0361. The fourth-order valence-corrected chi connectivity index (χ4v) is 3.87. The van der Waals surface area contributed by atoms with Crippen LogP contribution in [0.15, 0.2) is 77.2 Å². The molecule has 5 heteroatoms. The lowest BCUT2D eigenvalue weighted by molar-refractivity contribution is 1.28. The van der Waals surface area contributed by atoms with Crippen LogP contribution in [0.1, 0.15) is 0 Å². The van der Waals surface area contributed by atoms with Crippen LogP contribution in [-0.2, 0) is 0 Å². The van der Waals surface area contributed by atoms with E-state index in [9.17, 15) is 4.79 Å². The van der Waals surface area contributed by atoms with Crippen molar-refractivity contribution in [2.45, 2.75) is 0 Å². The van der Waals surface area contributed by atoms with Crippen molar-refractivity contribution >= 4 is 32.6 Å². The quantitative estimate of drug-likeness (QED) is 0.492. The summed E-state index contributed by atoms with van der Waals surface area (Å²) in [5.41, 5.74) is 7.21. The lowest BCUT2D eigenvalue weighted by Crippen LogP contribution is -2.03. The lowest BCUT2D eigenvalue weighted by Gasteiger charge is -2.11. The summed E-state index contributed by atoms with van der Waals surface area (Å²) >= 11 is 1.61. The molecule has 0 saturated carbocycles. The first-order valence-corrected chi connectivity index (χ1v) is 9.09. The van der Waals surface area contributed by atoms with Gasteiger partial charge in [-0.25, -0.2) is 9.97 Å². The van der Waals surface area contributed by atoms with E-state index in [0.717, 1.165) is 32.6 Å². The molecule has 0 radical (unpaired) electrons. The van der Waals surface area contributed by atoms with Crippen molar-refractivity contribution in [3.05, 3.63) is 82.6 Å². The molecule has 5 rings (SSSR count). The molecule has 26 heavy (non-hydrogen) atoms. The highest BCUT2D eigenvalue weighted by Crippen LogP contribution is 2.34. The molecule has 0 unspecified atom stereocenters. The summed E-state index contributed by atoms with van der Waals surface area (Å²) < 4.78 is 1.11. The number of nitrogens with zero attached hydrogens (tertiary/aromatic N) is 2. The molecule has 0 aliphatic rings. The van der Waals surface area contributed by atoms with Crippen molar-refractivity contribution in [1.82, 2.24) is 15.0 Å².